The van der Waals surface area contributed by atoms with E-state index in [-0.39, 0.29) is 12.5 Å². The van der Waals surface area contributed by atoms with Gasteiger partial charge in [0.2, 0.25) is 5.91 Å². The van der Waals surface area contributed by atoms with Gasteiger partial charge in [-0.2, -0.15) is 5.10 Å². The van der Waals surface area contributed by atoms with Gasteiger partial charge in [0.05, 0.1) is 6.20 Å². The summed E-state index contributed by atoms with van der Waals surface area (Å²) < 4.78 is 4.68. The minimum absolute atomic E-state index is 0.235. The molecule has 0 spiro atoms. The van der Waals surface area contributed by atoms with E-state index >= 15 is 0 Å². The third kappa shape index (κ3) is 4.09. The lowest BCUT2D eigenvalue weighted by Crippen LogP contribution is -2.30. The van der Waals surface area contributed by atoms with Crippen LogP contribution in [-0.2, 0) is 20.9 Å². The standard InChI is InChI=1S/C9H13N3O4/c1-12(4-7-2-10-11-3-7)8(13)5-16-6-9(14)15/h2-3H,4-6H2,1H3,(H,10,11)(H,14,15). The number of aromatic amines is 1. The lowest BCUT2D eigenvalue weighted by molar-refractivity contribution is -0.145. The summed E-state index contributed by atoms with van der Waals surface area (Å²) in [6.45, 7) is -0.294. The quantitative estimate of drug-likeness (QED) is 0.681. The van der Waals surface area contributed by atoms with E-state index in [4.69, 9.17) is 5.11 Å². The molecule has 7 heteroatoms. The maximum Gasteiger partial charge on any atom is 0.329 e. The first-order valence-electron chi connectivity index (χ1n) is 4.60. The molecule has 88 valence electrons. The van der Waals surface area contributed by atoms with Crippen molar-refractivity contribution in [2.24, 2.45) is 0 Å². The molecule has 0 saturated carbocycles. The molecule has 16 heavy (non-hydrogen) atoms. The molecule has 0 saturated heterocycles. The van der Waals surface area contributed by atoms with Crippen molar-refractivity contribution in [1.29, 1.82) is 0 Å². The van der Waals surface area contributed by atoms with Gasteiger partial charge in [-0.1, -0.05) is 0 Å². The molecule has 0 radical (unpaired) electrons. The van der Waals surface area contributed by atoms with E-state index in [1.165, 1.54) is 4.90 Å². The number of nitrogens with zero attached hydrogens (tertiary/aromatic N) is 2. The third-order valence-electron chi connectivity index (χ3n) is 1.85. The molecule has 0 bridgehead atoms. The summed E-state index contributed by atoms with van der Waals surface area (Å²) >= 11 is 0. The highest BCUT2D eigenvalue weighted by atomic mass is 16.5. The average molecular weight is 227 g/mol. The number of carboxylic acid groups (broad SMARTS) is 1. The molecule has 1 amide bonds. The molecular formula is C9H13N3O4. The van der Waals surface area contributed by atoms with Crippen LogP contribution >= 0.6 is 0 Å². The van der Waals surface area contributed by atoms with Gasteiger partial charge in [0.15, 0.2) is 0 Å². The molecule has 1 rings (SSSR count). The molecular weight excluding hydrogens is 214 g/mol. The van der Waals surface area contributed by atoms with Crippen molar-refractivity contribution in [1.82, 2.24) is 15.1 Å². The highest BCUT2D eigenvalue weighted by Crippen LogP contribution is 1.99. The summed E-state index contributed by atoms with van der Waals surface area (Å²) in [7, 11) is 1.61. The second kappa shape index (κ2) is 5.86. The molecule has 0 aliphatic heterocycles. The average Bonchev–Trinajstić information content (AvgIpc) is 2.69. The van der Waals surface area contributed by atoms with Crippen LogP contribution in [0.5, 0.6) is 0 Å². The Balaban J connectivity index is 2.28. The smallest absolute Gasteiger partial charge is 0.329 e. The van der Waals surface area contributed by atoms with Crippen LogP contribution in [0.3, 0.4) is 0 Å². The van der Waals surface area contributed by atoms with Crippen LogP contribution in [0.1, 0.15) is 5.56 Å². The molecule has 0 aliphatic carbocycles. The summed E-state index contributed by atoms with van der Waals surface area (Å²) in [5.41, 5.74) is 0.870. The van der Waals surface area contributed by atoms with Gasteiger partial charge in [-0.25, -0.2) is 4.79 Å². The minimum Gasteiger partial charge on any atom is -0.480 e. The molecule has 0 unspecified atom stereocenters. The zero-order chi connectivity index (χ0) is 12.0. The Kier molecular flexibility index (Phi) is 4.46. The largest absolute Gasteiger partial charge is 0.480 e. The fourth-order valence-corrected chi connectivity index (χ4v) is 1.06. The molecule has 0 atom stereocenters. The zero-order valence-corrected chi connectivity index (χ0v) is 8.84. The predicted molar refractivity (Wildman–Crippen MR) is 53.5 cm³/mol. The molecule has 1 aromatic heterocycles. The summed E-state index contributed by atoms with van der Waals surface area (Å²) in [6.07, 6.45) is 3.30. The highest BCUT2D eigenvalue weighted by Gasteiger charge is 2.10. The first-order chi connectivity index (χ1) is 7.59. The first-order valence-corrected chi connectivity index (χ1v) is 4.60. The van der Waals surface area contributed by atoms with E-state index in [0.717, 1.165) is 5.56 Å². The van der Waals surface area contributed by atoms with Gasteiger partial charge in [-0.15, -0.1) is 0 Å². The number of hydrogen-bond donors (Lipinski definition) is 2. The Morgan fingerprint density at radius 3 is 2.88 bits per heavy atom. The maximum absolute atomic E-state index is 11.4. The number of carbonyl (C=O) groups is 2. The monoisotopic (exact) mass is 227 g/mol. The summed E-state index contributed by atoms with van der Waals surface area (Å²) in [5.74, 6) is -1.37. The molecule has 0 aliphatic rings. The summed E-state index contributed by atoms with van der Waals surface area (Å²) in [5, 5.41) is 14.7. The Hall–Kier alpha value is -1.89. The SMILES string of the molecule is CN(Cc1cn[nH]c1)C(=O)COCC(=O)O. The number of likely N-dealkylation sites (N-methyl/N-ethyl adjacent to an activating group) is 1. The molecule has 1 heterocycles. The zero-order valence-electron chi connectivity index (χ0n) is 8.84. The summed E-state index contributed by atoms with van der Waals surface area (Å²) in [6, 6.07) is 0. The van der Waals surface area contributed by atoms with Crippen LogP contribution in [0.2, 0.25) is 0 Å². The minimum atomic E-state index is -1.09. The van der Waals surface area contributed by atoms with Gasteiger partial charge in [-0.3, -0.25) is 9.89 Å². The van der Waals surface area contributed by atoms with Gasteiger partial charge in [0.25, 0.3) is 0 Å². The number of aliphatic carboxylic acids is 1. The molecule has 7 nitrogen and oxygen atoms in total. The van der Waals surface area contributed by atoms with Crippen LogP contribution < -0.4 is 0 Å². The van der Waals surface area contributed by atoms with Crippen LogP contribution in [0.25, 0.3) is 0 Å². The Morgan fingerprint density at radius 1 is 1.56 bits per heavy atom. The number of carbonyl (C=O) groups excluding carboxylic acids is 1. The van der Waals surface area contributed by atoms with Crippen molar-refractivity contribution in [2.45, 2.75) is 6.54 Å². The van der Waals surface area contributed by atoms with Gasteiger partial charge in [0.1, 0.15) is 13.2 Å². The van der Waals surface area contributed by atoms with Gasteiger partial charge >= 0.3 is 5.97 Å². The van der Waals surface area contributed by atoms with E-state index in [9.17, 15) is 9.59 Å². The number of aromatic nitrogens is 2. The van der Waals surface area contributed by atoms with Crippen molar-refractivity contribution in [2.75, 3.05) is 20.3 Å². The van der Waals surface area contributed by atoms with E-state index in [0.29, 0.717) is 6.54 Å². The van der Waals surface area contributed by atoms with E-state index in [1.54, 1.807) is 19.4 Å². The van der Waals surface area contributed by atoms with Crippen molar-refractivity contribution in [3.05, 3.63) is 18.0 Å². The number of rotatable bonds is 6. The van der Waals surface area contributed by atoms with Gasteiger partial charge in [-0.05, 0) is 0 Å². The highest BCUT2D eigenvalue weighted by molar-refractivity contribution is 5.77. The molecule has 0 aromatic carbocycles. The number of H-pyrrole nitrogens is 1. The van der Waals surface area contributed by atoms with Gasteiger partial charge < -0.3 is 14.7 Å². The van der Waals surface area contributed by atoms with E-state index in [2.05, 4.69) is 14.9 Å². The Labute approximate surface area is 92.0 Å². The van der Waals surface area contributed by atoms with Gasteiger partial charge in [0, 0.05) is 25.4 Å². The van der Waals surface area contributed by atoms with E-state index < -0.39 is 12.6 Å². The molecule has 2 N–H and O–H groups in total. The topological polar surface area (TPSA) is 95.5 Å². The second-order valence-electron chi connectivity index (χ2n) is 3.24. The van der Waals surface area contributed by atoms with Crippen molar-refractivity contribution in [3.8, 4) is 0 Å². The van der Waals surface area contributed by atoms with Crippen LogP contribution in [0.15, 0.2) is 12.4 Å². The number of amides is 1. The fraction of sp³-hybridized carbons (Fsp3) is 0.444. The fourth-order valence-electron chi connectivity index (χ4n) is 1.06. The van der Waals surface area contributed by atoms with Crippen molar-refractivity contribution < 1.29 is 19.4 Å². The number of hydrogen-bond acceptors (Lipinski definition) is 4. The van der Waals surface area contributed by atoms with Crippen molar-refractivity contribution in [3.63, 3.8) is 0 Å². The molecule has 0 fully saturated rings. The second-order valence-corrected chi connectivity index (χ2v) is 3.24. The lowest BCUT2D eigenvalue weighted by Gasteiger charge is -2.15. The van der Waals surface area contributed by atoms with Crippen LogP contribution in [-0.4, -0.2) is 52.3 Å². The number of nitrogens with one attached hydrogen (secondary N) is 1. The Morgan fingerprint density at radius 2 is 2.31 bits per heavy atom. The Bertz CT molecular complexity index is 350. The lowest BCUT2D eigenvalue weighted by atomic mass is 10.3. The predicted octanol–water partition coefficient (Wildman–Crippen LogP) is -0.531. The normalized spacial score (nSPS) is 10.1. The molecule has 1 aromatic rings. The first kappa shape index (κ1) is 12.2. The van der Waals surface area contributed by atoms with Crippen molar-refractivity contribution >= 4 is 11.9 Å². The maximum atomic E-state index is 11.4. The van der Waals surface area contributed by atoms with Crippen LogP contribution in [0, 0.1) is 0 Å². The van der Waals surface area contributed by atoms with E-state index in [1.807, 2.05) is 0 Å². The summed E-state index contributed by atoms with van der Waals surface area (Å²) in [4.78, 5) is 23.0. The number of ether oxygens (including phenoxy) is 1. The third-order valence-corrected chi connectivity index (χ3v) is 1.85. The number of carboxylic acids is 1. The van der Waals surface area contributed by atoms with Crippen LogP contribution in [0.4, 0.5) is 0 Å².